The number of ether oxygens (including phenoxy) is 1. The number of carbonyl (C=O) groups is 1. The van der Waals surface area contributed by atoms with Crippen molar-refractivity contribution in [1.82, 2.24) is 4.57 Å². The van der Waals surface area contributed by atoms with Crippen molar-refractivity contribution in [3.8, 4) is 5.75 Å². The second kappa shape index (κ2) is 6.13. The van der Waals surface area contributed by atoms with Gasteiger partial charge >= 0.3 is 5.97 Å². The largest absolute Gasteiger partial charge is 0.496 e. The van der Waals surface area contributed by atoms with Crippen molar-refractivity contribution in [3.05, 3.63) is 62.0 Å². The first-order chi connectivity index (χ1) is 9.92. The average molecular weight is 352 g/mol. The standard InChI is InChI=1S/C15H14BrNO4/c1-9-5-13(18)11(15(19)20)8-17(9)7-10-3-4-14(21-2)12(16)6-10/h3-6,8H,7H2,1-2H3,(H,19,20). The third-order valence-corrected chi connectivity index (χ3v) is 3.76. The molecular weight excluding hydrogens is 338 g/mol. The van der Waals surface area contributed by atoms with Crippen LogP contribution < -0.4 is 10.2 Å². The van der Waals surface area contributed by atoms with Gasteiger partial charge in [0.25, 0.3) is 0 Å². The number of hydrogen-bond acceptors (Lipinski definition) is 3. The van der Waals surface area contributed by atoms with Crippen LogP contribution in [0, 0.1) is 6.92 Å². The second-order valence-electron chi connectivity index (χ2n) is 4.59. The van der Waals surface area contributed by atoms with Crippen molar-refractivity contribution >= 4 is 21.9 Å². The van der Waals surface area contributed by atoms with Gasteiger partial charge in [0.1, 0.15) is 11.3 Å². The minimum absolute atomic E-state index is 0.229. The van der Waals surface area contributed by atoms with E-state index in [1.807, 2.05) is 18.2 Å². The molecule has 1 heterocycles. The van der Waals surface area contributed by atoms with Crippen molar-refractivity contribution in [1.29, 1.82) is 0 Å². The lowest BCUT2D eigenvalue weighted by Gasteiger charge is -2.12. The van der Waals surface area contributed by atoms with Crippen LogP contribution in [0.2, 0.25) is 0 Å². The molecule has 0 atom stereocenters. The molecule has 2 rings (SSSR count). The Hall–Kier alpha value is -2.08. The number of aryl methyl sites for hydroxylation is 1. The highest BCUT2D eigenvalue weighted by molar-refractivity contribution is 9.10. The lowest BCUT2D eigenvalue weighted by atomic mass is 10.2. The molecule has 0 fully saturated rings. The maximum Gasteiger partial charge on any atom is 0.341 e. The Morgan fingerprint density at radius 3 is 2.67 bits per heavy atom. The van der Waals surface area contributed by atoms with E-state index in [1.165, 1.54) is 12.3 Å². The number of aromatic nitrogens is 1. The molecule has 0 aliphatic carbocycles. The SMILES string of the molecule is COc1ccc(Cn2cc(C(=O)O)c(=O)cc2C)cc1Br. The molecule has 0 aliphatic rings. The molecule has 2 aromatic rings. The number of hydrogen-bond donors (Lipinski definition) is 1. The highest BCUT2D eigenvalue weighted by atomic mass is 79.9. The van der Waals surface area contributed by atoms with E-state index >= 15 is 0 Å². The van der Waals surface area contributed by atoms with Crippen molar-refractivity contribution in [2.75, 3.05) is 7.11 Å². The molecule has 0 unspecified atom stereocenters. The Morgan fingerprint density at radius 1 is 1.38 bits per heavy atom. The van der Waals surface area contributed by atoms with Crippen LogP contribution in [0.4, 0.5) is 0 Å². The molecule has 5 nitrogen and oxygen atoms in total. The number of carboxylic acids is 1. The fourth-order valence-corrected chi connectivity index (χ4v) is 2.60. The predicted octanol–water partition coefficient (Wildman–Crippen LogP) is 2.67. The fraction of sp³-hybridized carbons (Fsp3) is 0.200. The van der Waals surface area contributed by atoms with Gasteiger partial charge in [-0.15, -0.1) is 0 Å². The van der Waals surface area contributed by atoms with Crippen LogP contribution in [-0.2, 0) is 6.54 Å². The molecule has 0 aliphatic heterocycles. The molecule has 1 aromatic heterocycles. The first-order valence-corrected chi connectivity index (χ1v) is 6.98. The molecule has 0 saturated heterocycles. The van der Waals surface area contributed by atoms with Crippen molar-refractivity contribution in [3.63, 3.8) is 0 Å². The third-order valence-electron chi connectivity index (χ3n) is 3.14. The maximum atomic E-state index is 11.6. The number of benzene rings is 1. The minimum Gasteiger partial charge on any atom is -0.496 e. The Balaban J connectivity index is 2.39. The quantitative estimate of drug-likeness (QED) is 0.919. The van der Waals surface area contributed by atoms with Crippen LogP contribution in [-0.4, -0.2) is 22.8 Å². The normalized spacial score (nSPS) is 10.4. The summed E-state index contributed by atoms with van der Waals surface area (Å²) in [4.78, 5) is 22.6. The molecule has 0 bridgehead atoms. The summed E-state index contributed by atoms with van der Waals surface area (Å²) in [6.45, 7) is 2.24. The molecule has 110 valence electrons. The van der Waals surface area contributed by atoms with E-state index in [0.717, 1.165) is 15.8 Å². The maximum absolute atomic E-state index is 11.6. The number of nitrogens with zero attached hydrogens (tertiary/aromatic N) is 1. The second-order valence-corrected chi connectivity index (χ2v) is 5.45. The molecule has 21 heavy (non-hydrogen) atoms. The molecule has 0 amide bonds. The van der Waals surface area contributed by atoms with Crippen LogP contribution in [0.15, 0.2) is 39.7 Å². The molecule has 1 N–H and O–H groups in total. The number of aromatic carboxylic acids is 1. The number of rotatable bonds is 4. The average Bonchev–Trinajstić information content (AvgIpc) is 2.41. The monoisotopic (exact) mass is 351 g/mol. The fourth-order valence-electron chi connectivity index (χ4n) is 2.01. The van der Waals surface area contributed by atoms with Gasteiger partial charge in [0.2, 0.25) is 0 Å². The summed E-state index contributed by atoms with van der Waals surface area (Å²) >= 11 is 3.41. The van der Waals surface area contributed by atoms with Gasteiger partial charge in [0.15, 0.2) is 5.43 Å². The Bertz CT molecular complexity index is 752. The summed E-state index contributed by atoms with van der Waals surface area (Å²) in [6, 6.07) is 6.95. The van der Waals surface area contributed by atoms with E-state index in [4.69, 9.17) is 9.84 Å². The topological polar surface area (TPSA) is 68.5 Å². The van der Waals surface area contributed by atoms with Gasteiger partial charge in [-0.3, -0.25) is 4.79 Å². The van der Waals surface area contributed by atoms with Crippen LogP contribution >= 0.6 is 15.9 Å². The van der Waals surface area contributed by atoms with E-state index < -0.39 is 11.4 Å². The molecule has 0 spiro atoms. The van der Waals surface area contributed by atoms with Gasteiger partial charge in [0, 0.05) is 24.5 Å². The highest BCUT2D eigenvalue weighted by Crippen LogP contribution is 2.25. The lowest BCUT2D eigenvalue weighted by molar-refractivity contribution is 0.0694. The number of methoxy groups -OCH3 is 1. The zero-order valence-corrected chi connectivity index (χ0v) is 13.2. The Morgan fingerprint density at radius 2 is 2.10 bits per heavy atom. The molecule has 0 saturated carbocycles. The summed E-state index contributed by atoms with van der Waals surface area (Å²) in [5.41, 5.74) is 0.961. The van der Waals surface area contributed by atoms with Crippen LogP contribution in [0.3, 0.4) is 0 Å². The van der Waals surface area contributed by atoms with Crippen molar-refractivity contribution in [2.24, 2.45) is 0 Å². The lowest BCUT2D eigenvalue weighted by Crippen LogP contribution is -2.19. The smallest absolute Gasteiger partial charge is 0.341 e. The molecular formula is C15H14BrNO4. The predicted molar refractivity (Wildman–Crippen MR) is 82.2 cm³/mol. The number of carboxylic acid groups (broad SMARTS) is 1. The van der Waals surface area contributed by atoms with E-state index in [9.17, 15) is 9.59 Å². The van der Waals surface area contributed by atoms with Gasteiger partial charge in [-0.05, 0) is 40.5 Å². The summed E-state index contributed by atoms with van der Waals surface area (Å²) in [7, 11) is 1.59. The van der Waals surface area contributed by atoms with Crippen molar-refractivity contribution < 1.29 is 14.6 Å². The van der Waals surface area contributed by atoms with Gasteiger partial charge < -0.3 is 14.4 Å². The molecule has 6 heteroatoms. The summed E-state index contributed by atoms with van der Waals surface area (Å²) in [5, 5.41) is 9.02. The van der Waals surface area contributed by atoms with Gasteiger partial charge in [-0.2, -0.15) is 0 Å². The van der Waals surface area contributed by atoms with Crippen LogP contribution in [0.25, 0.3) is 0 Å². The first kappa shape index (κ1) is 15.3. The van der Waals surface area contributed by atoms with Crippen LogP contribution in [0.1, 0.15) is 21.6 Å². The van der Waals surface area contributed by atoms with Crippen molar-refractivity contribution in [2.45, 2.75) is 13.5 Å². The molecule has 0 radical (unpaired) electrons. The highest BCUT2D eigenvalue weighted by Gasteiger charge is 2.11. The minimum atomic E-state index is -1.22. The third kappa shape index (κ3) is 3.33. The first-order valence-electron chi connectivity index (χ1n) is 6.19. The summed E-state index contributed by atoms with van der Waals surface area (Å²) in [5.74, 6) is -0.494. The zero-order chi connectivity index (χ0) is 15.6. The van der Waals surface area contributed by atoms with Crippen LogP contribution in [0.5, 0.6) is 5.75 Å². The Kier molecular flexibility index (Phi) is 4.47. The van der Waals surface area contributed by atoms with E-state index in [-0.39, 0.29) is 5.56 Å². The number of halogens is 1. The summed E-state index contributed by atoms with van der Waals surface area (Å²) in [6.07, 6.45) is 1.37. The van der Waals surface area contributed by atoms with Gasteiger partial charge in [-0.25, -0.2) is 4.79 Å². The molecule has 1 aromatic carbocycles. The van der Waals surface area contributed by atoms with E-state index in [0.29, 0.717) is 12.2 Å². The Labute approximate surface area is 129 Å². The van der Waals surface area contributed by atoms with Gasteiger partial charge in [-0.1, -0.05) is 6.07 Å². The number of pyridine rings is 1. The zero-order valence-electron chi connectivity index (χ0n) is 11.6. The van der Waals surface area contributed by atoms with Gasteiger partial charge in [0.05, 0.1) is 11.6 Å². The summed E-state index contributed by atoms with van der Waals surface area (Å²) < 4.78 is 7.72. The van der Waals surface area contributed by atoms with E-state index in [1.54, 1.807) is 18.6 Å². The van der Waals surface area contributed by atoms with E-state index in [2.05, 4.69) is 15.9 Å².